The molecule has 0 saturated carbocycles. The van der Waals surface area contributed by atoms with Gasteiger partial charge in [-0.3, -0.25) is 4.79 Å². The average molecular weight is 358 g/mol. The summed E-state index contributed by atoms with van der Waals surface area (Å²) in [6, 6.07) is 6.47. The van der Waals surface area contributed by atoms with Gasteiger partial charge in [-0.1, -0.05) is 35.8 Å². The highest BCUT2D eigenvalue weighted by atomic mass is 35.5. The SMILES string of the molecule is CCC(=O)NCCc1nnc(S(=O)(=O)Cc2ccc(Cl)cc2)o1. The second kappa shape index (κ2) is 7.56. The van der Waals surface area contributed by atoms with Gasteiger partial charge in [-0.2, -0.15) is 0 Å². The molecule has 1 N–H and O–H groups in total. The Morgan fingerprint density at radius 1 is 1.26 bits per heavy atom. The van der Waals surface area contributed by atoms with Gasteiger partial charge < -0.3 is 9.73 Å². The largest absolute Gasteiger partial charge is 0.412 e. The zero-order valence-corrected chi connectivity index (χ0v) is 14.0. The van der Waals surface area contributed by atoms with E-state index in [0.717, 1.165) is 0 Å². The molecular formula is C14H16ClN3O4S. The smallest absolute Gasteiger partial charge is 0.335 e. The van der Waals surface area contributed by atoms with Gasteiger partial charge in [0.25, 0.3) is 0 Å². The molecule has 0 aliphatic carbocycles. The van der Waals surface area contributed by atoms with Crippen molar-refractivity contribution in [2.45, 2.75) is 30.7 Å². The number of nitrogens with one attached hydrogen (secondary N) is 1. The number of hydrogen-bond donors (Lipinski definition) is 1. The van der Waals surface area contributed by atoms with Crippen molar-refractivity contribution in [3.63, 3.8) is 0 Å². The first-order valence-electron chi connectivity index (χ1n) is 6.97. The van der Waals surface area contributed by atoms with Crippen LogP contribution >= 0.6 is 11.6 Å². The molecule has 0 spiro atoms. The molecule has 2 rings (SSSR count). The normalized spacial score (nSPS) is 11.4. The van der Waals surface area contributed by atoms with Crippen LogP contribution in [-0.4, -0.2) is 31.1 Å². The Balaban J connectivity index is 2.00. The molecule has 0 fully saturated rings. The Hall–Kier alpha value is -1.93. The van der Waals surface area contributed by atoms with Gasteiger partial charge in [0.15, 0.2) is 0 Å². The van der Waals surface area contributed by atoms with Gasteiger partial charge in [0.2, 0.25) is 21.6 Å². The van der Waals surface area contributed by atoms with Crippen LogP contribution in [0.15, 0.2) is 33.9 Å². The molecule has 1 aromatic carbocycles. The van der Waals surface area contributed by atoms with E-state index < -0.39 is 15.1 Å². The second-order valence-corrected chi connectivity index (χ2v) is 7.10. The molecule has 0 radical (unpaired) electrons. The summed E-state index contributed by atoms with van der Waals surface area (Å²) < 4.78 is 29.6. The van der Waals surface area contributed by atoms with Crippen molar-refractivity contribution in [2.75, 3.05) is 6.54 Å². The lowest BCUT2D eigenvalue weighted by atomic mass is 10.2. The number of benzene rings is 1. The van der Waals surface area contributed by atoms with Crippen LogP contribution in [0.4, 0.5) is 0 Å². The van der Waals surface area contributed by atoms with Crippen molar-refractivity contribution in [1.29, 1.82) is 0 Å². The summed E-state index contributed by atoms with van der Waals surface area (Å²) in [5, 5.41) is 10.0. The first kappa shape index (κ1) is 17.4. The predicted octanol–water partition coefficient (Wildman–Crippen LogP) is 1.77. The maximum absolute atomic E-state index is 12.2. The molecule has 2 aromatic rings. The summed E-state index contributed by atoms with van der Waals surface area (Å²) in [7, 11) is -3.72. The molecule has 1 aromatic heterocycles. The average Bonchev–Trinajstić information content (AvgIpc) is 2.99. The van der Waals surface area contributed by atoms with E-state index >= 15 is 0 Å². The summed E-state index contributed by atoms with van der Waals surface area (Å²) in [5.41, 5.74) is 0.573. The van der Waals surface area contributed by atoms with Crippen LogP contribution in [0.5, 0.6) is 0 Å². The fourth-order valence-electron chi connectivity index (χ4n) is 1.76. The molecule has 9 heteroatoms. The number of hydrogen-bond acceptors (Lipinski definition) is 6. The lowest BCUT2D eigenvalue weighted by molar-refractivity contribution is -0.120. The number of carbonyl (C=O) groups excluding carboxylic acids is 1. The van der Waals surface area contributed by atoms with Crippen molar-refractivity contribution in [3.05, 3.63) is 40.7 Å². The summed E-state index contributed by atoms with van der Waals surface area (Å²) in [6.45, 7) is 2.05. The number of carbonyl (C=O) groups is 1. The van der Waals surface area contributed by atoms with Crippen LogP contribution in [0, 0.1) is 0 Å². The van der Waals surface area contributed by atoms with Gasteiger partial charge >= 0.3 is 5.22 Å². The van der Waals surface area contributed by atoms with Gasteiger partial charge in [-0.15, -0.1) is 5.10 Å². The quantitative estimate of drug-likeness (QED) is 0.810. The zero-order chi connectivity index (χ0) is 16.9. The number of aromatic nitrogens is 2. The molecule has 0 saturated heterocycles. The molecule has 7 nitrogen and oxygen atoms in total. The van der Waals surface area contributed by atoms with Crippen molar-refractivity contribution in [2.24, 2.45) is 0 Å². The molecule has 0 atom stereocenters. The predicted molar refractivity (Wildman–Crippen MR) is 83.6 cm³/mol. The molecule has 1 heterocycles. The fourth-order valence-corrected chi connectivity index (χ4v) is 3.03. The van der Waals surface area contributed by atoms with Crippen LogP contribution < -0.4 is 5.32 Å². The third-order valence-corrected chi connectivity index (χ3v) is 4.63. The number of amides is 1. The van der Waals surface area contributed by atoms with Crippen LogP contribution in [0.2, 0.25) is 5.02 Å². The van der Waals surface area contributed by atoms with Crippen LogP contribution in [0.25, 0.3) is 0 Å². The third-order valence-electron chi connectivity index (χ3n) is 2.97. The van der Waals surface area contributed by atoms with Crippen LogP contribution in [0.1, 0.15) is 24.8 Å². The van der Waals surface area contributed by atoms with Crippen molar-refractivity contribution < 1.29 is 17.6 Å². The highest BCUT2D eigenvalue weighted by molar-refractivity contribution is 7.90. The fraction of sp³-hybridized carbons (Fsp3) is 0.357. The zero-order valence-electron chi connectivity index (χ0n) is 12.5. The maximum atomic E-state index is 12.2. The minimum Gasteiger partial charge on any atom is -0.412 e. The molecule has 124 valence electrons. The van der Waals surface area contributed by atoms with E-state index in [9.17, 15) is 13.2 Å². The molecule has 0 unspecified atom stereocenters. The standard InChI is InChI=1S/C14H16ClN3O4S/c1-2-12(19)16-8-7-13-17-18-14(22-13)23(20,21)9-10-3-5-11(15)6-4-10/h3-6H,2,7-9H2,1H3,(H,16,19). The van der Waals surface area contributed by atoms with E-state index in [1.807, 2.05) is 0 Å². The van der Waals surface area contributed by atoms with Crippen molar-refractivity contribution in [3.8, 4) is 0 Å². The van der Waals surface area contributed by atoms with Gasteiger partial charge in [-0.05, 0) is 17.7 Å². The lowest BCUT2D eigenvalue weighted by Gasteiger charge is -2.01. The number of nitrogens with zero attached hydrogens (tertiary/aromatic N) is 2. The molecule has 0 aliphatic heterocycles. The van der Waals surface area contributed by atoms with E-state index in [1.165, 1.54) is 0 Å². The number of sulfone groups is 1. The molecular weight excluding hydrogens is 342 g/mol. The van der Waals surface area contributed by atoms with Crippen molar-refractivity contribution in [1.82, 2.24) is 15.5 Å². The van der Waals surface area contributed by atoms with E-state index in [0.29, 0.717) is 23.6 Å². The third kappa shape index (κ3) is 5.04. The Morgan fingerprint density at radius 3 is 2.61 bits per heavy atom. The van der Waals surface area contributed by atoms with E-state index in [4.69, 9.17) is 16.0 Å². The van der Waals surface area contributed by atoms with Crippen LogP contribution in [0.3, 0.4) is 0 Å². The van der Waals surface area contributed by atoms with Gasteiger partial charge in [-0.25, -0.2) is 8.42 Å². The van der Waals surface area contributed by atoms with E-state index in [-0.39, 0.29) is 24.0 Å². The van der Waals surface area contributed by atoms with E-state index in [2.05, 4.69) is 15.5 Å². The first-order chi connectivity index (χ1) is 10.9. The molecule has 0 bridgehead atoms. The monoisotopic (exact) mass is 357 g/mol. The Kier molecular flexibility index (Phi) is 5.73. The molecule has 1 amide bonds. The van der Waals surface area contributed by atoms with E-state index in [1.54, 1.807) is 31.2 Å². The summed E-state index contributed by atoms with van der Waals surface area (Å²) in [6.07, 6.45) is 0.653. The van der Waals surface area contributed by atoms with Gasteiger partial charge in [0.1, 0.15) is 0 Å². The minimum atomic E-state index is -3.72. The lowest BCUT2D eigenvalue weighted by Crippen LogP contribution is -2.24. The Bertz CT molecular complexity index is 772. The summed E-state index contributed by atoms with van der Waals surface area (Å²) >= 11 is 5.76. The van der Waals surface area contributed by atoms with Crippen LogP contribution in [-0.2, 0) is 26.8 Å². The summed E-state index contributed by atoms with van der Waals surface area (Å²) in [4.78, 5) is 11.1. The number of halogens is 1. The minimum absolute atomic E-state index is 0.0971. The highest BCUT2D eigenvalue weighted by Gasteiger charge is 2.23. The van der Waals surface area contributed by atoms with Gasteiger partial charge in [0, 0.05) is 24.4 Å². The Labute approximate surface area is 139 Å². The topological polar surface area (TPSA) is 102 Å². The van der Waals surface area contributed by atoms with Gasteiger partial charge in [0.05, 0.1) is 5.75 Å². The first-order valence-corrected chi connectivity index (χ1v) is 9.00. The van der Waals surface area contributed by atoms with Crippen molar-refractivity contribution >= 4 is 27.3 Å². The molecule has 23 heavy (non-hydrogen) atoms. The second-order valence-electron chi connectivity index (χ2n) is 4.80. The maximum Gasteiger partial charge on any atom is 0.335 e. The number of rotatable bonds is 7. The molecule has 0 aliphatic rings. The Morgan fingerprint density at radius 2 is 1.96 bits per heavy atom. The highest BCUT2D eigenvalue weighted by Crippen LogP contribution is 2.17. The summed E-state index contributed by atoms with van der Waals surface area (Å²) in [5.74, 6) is -0.186.